The third kappa shape index (κ3) is 13.0. The van der Waals surface area contributed by atoms with E-state index in [1.807, 2.05) is 0 Å². The highest BCUT2D eigenvalue weighted by molar-refractivity contribution is 7.47. The second-order valence-corrected chi connectivity index (χ2v) is 9.76. The summed E-state index contributed by atoms with van der Waals surface area (Å²) < 4.78 is 26.0. The van der Waals surface area contributed by atoms with Crippen molar-refractivity contribution >= 4 is 25.6 Å². The van der Waals surface area contributed by atoms with Gasteiger partial charge in [-0.1, -0.05) is 24.3 Å². The summed E-state index contributed by atoms with van der Waals surface area (Å²) in [4.78, 5) is 45.6. The van der Waals surface area contributed by atoms with E-state index in [-0.39, 0.29) is 57.4 Å². The maximum Gasteiger partial charge on any atom is 0.472 e. The number of hydrogen-bond donors (Lipinski definition) is 6. The van der Waals surface area contributed by atoms with E-state index in [0.717, 1.165) is 5.56 Å². The molecule has 0 aliphatic heterocycles. The lowest BCUT2D eigenvalue weighted by atomic mass is 10.1. The standard InChI is InChI=1S/C25H33N2O11P/c28-15-19-6-10-22(11-7-19)38-25(33)20-8-4-18(5-9-20)14-27-24(32)3-1-2-23(31)26-12-13-36-39(34,35)37-17-21(30)16-29/h4-11,21,28-30H,1-3,12-17H2,(H,26,31)(H,27,32)(H,34,35)/t21-/m1/s1. The molecule has 0 heterocycles. The molecule has 0 fully saturated rings. The molecule has 0 saturated carbocycles. The highest BCUT2D eigenvalue weighted by Crippen LogP contribution is 2.42. The van der Waals surface area contributed by atoms with Gasteiger partial charge in [-0.25, -0.2) is 9.36 Å². The molecule has 0 aliphatic rings. The van der Waals surface area contributed by atoms with Gasteiger partial charge in [-0.3, -0.25) is 18.6 Å². The molecular formula is C25H33N2O11P. The number of benzene rings is 2. The average Bonchev–Trinajstić information content (AvgIpc) is 2.93. The topological polar surface area (TPSA) is 201 Å². The summed E-state index contributed by atoms with van der Waals surface area (Å²) in [5.74, 6) is -0.816. The Labute approximate surface area is 225 Å². The Hall–Kier alpha value is -3.16. The van der Waals surface area contributed by atoms with Crippen molar-refractivity contribution in [2.24, 2.45) is 0 Å². The van der Waals surface area contributed by atoms with Crippen molar-refractivity contribution in [3.8, 4) is 5.75 Å². The molecular weight excluding hydrogens is 535 g/mol. The van der Waals surface area contributed by atoms with Crippen LogP contribution in [-0.2, 0) is 36.4 Å². The summed E-state index contributed by atoms with van der Waals surface area (Å²) in [6, 6.07) is 13.0. The van der Waals surface area contributed by atoms with E-state index in [1.54, 1.807) is 48.5 Å². The van der Waals surface area contributed by atoms with Gasteiger partial charge in [0.15, 0.2) is 0 Å². The molecule has 14 heteroatoms. The zero-order valence-electron chi connectivity index (χ0n) is 21.2. The fourth-order valence-electron chi connectivity index (χ4n) is 3.00. The van der Waals surface area contributed by atoms with Gasteiger partial charge in [0.05, 0.1) is 32.0 Å². The number of ether oxygens (including phenoxy) is 1. The Morgan fingerprint density at radius 3 is 2.10 bits per heavy atom. The van der Waals surface area contributed by atoms with Crippen LogP contribution in [0.15, 0.2) is 48.5 Å². The van der Waals surface area contributed by atoms with Crippen LogP contribution in [0.25, 0.3) is 0 Å². The van der Waals surface area contributed by atoms with Crippen molar-refractivity contribution in [3.05, 3.63) is 65.2 Å². The Morgan fingerprint density at radius 1 is 0.872 bits per heavy atom. The summed E-state index contributed by atoms with van der Waals surface area (Å²) in [5.41, 5.74) is 1.80. The number of amides is 2. The van der Waals surface area contributed by atoms with Gasteiger partial charge in [0.2, 0.25) is 11.8 Å². The van der Waals surface area contributed by atoms with E-state index < -0.39 is 33.1 Å². The quantitative estimate of drug-likeness (QED) is 0.0682. The van der Waals surface area contributed by atoms with E-state index in [2.05, 4.69) is 19.7 Å². The lowest BCUT2D eigenvalue weighted by Crippen LogP contribution is -2.28. The SMILES string of the molecule is O=C(CCCC(=O)NCc1ccc(C(=O)Oc2ccc(CO)cc2)cc1)NCCOP(=O)(O)OC[C@H](O)CO. The maximum absolute atomic E-state index is 12.3. The summed E-state index contributed by atoms with van der Waals surface area (Å²) in [7, 11) is -4.42. The van der Waals surface area contributed by atoms with Crippen LogP contribution in [-0.4, -0.2) is 70.5 Å². The fraction of sp³-hybridized carbons (Fsp3) is 0.400. The number of aliphatic hydroxyl groups is 3. The van der Waals surface area contributed by atoms with Crippen molar-refractivity contribution in [1.82, 2.24) is 10.6 Å². The number of esters is 1. The van der Waals surface area contributed by atoms with Crippen LogP contribution in [0.1, 0.15) is 40.7 Å². The van der Waals surface area contributed by atoms with Crippen molar-refractivity contribution in [1.29, 1.82) is 0 Å². The number of aliphatic hydroxyl groups excluding tert-OH is 3. The zero-order valence-corrected chi connectivity index (χ0v) is 22.0. The number of carbonyl (C=O) groups excluding carboxylic acids is 3. The van der Waals surface area contributed by atoms with Crippen LogP contribution in [0.2, 0.25) is 0 Å². The second-order valence-electron chi connectivity index (χ2n) is 8.30. The molecule has 0 radical (unpaired) electrons. The molecule has 13 nitrogen and oxygen atoms in total. The number of rotatable bonds is 17. The molecule has 2 rings (SSSR count). The van der Waals surface area contributed by atoms with Crippen molar-refractivity contribution in [3.63, 3.8) is 0 Å². The highest BCUT2D eigenvalue weighted by atomic mass is 31.2. The van der Waals surface area contributed by atoms with Gasteiger partial charge in [0, 0.05) is 25.9 Å². The van der Waals surface area contributed by atoms with Crippen LogP contribution in [0.5, 0.6) is 5.75 Å². The minimum atomic E-state index is -4.42. The Morgan fingerprint density at radius 2 is 1.49 bits per heavy atom. The molecule has 0 bridgehead atoms. The largest absolute Gasteiger partial charge is 0.472 e. The smallest absolute Gasteiger partial charge is 0.423 e. The van der Waals surface area contributed by atoms with E-state index in [1.165, 1.54) is 0 Å². The second kappa shape index (κ2) is 16.7. The Balaban J connectivity index is 1.60. The molecule has 2 aromatic carbocycles. The van der Waals surface area contributed by atoms with Gasteiger partial charge in [0.1, 0.15) is 11.9 Å². The zero-order chi connectivity index (χ0) is 28.7. The lowest BCUT2D eigenvalue weighted by Gasteiger charge is -2.14. The van der Waals surface area contributed by atoms with Gasteiger partial charge in [0.25, 0.3) is 0 Å². The van der Waals surface area contributed by atoms with Crippen LogP contribution in [0.4, 0.5) is 0 Å². The third-order valence-electron chi connectivity index (χ3n) is 5.12. The van der Waals surface area contributed by atoms with Crippen molar-refractivity contribution in [2.45, 2.75) is 38.5 Å². The molecule has 39 heavy (non-hydrogen) atoms. The molecule has 0 aliphatic carbocycles. The number of nitrogens with one attached hydrogen (secondary N) is 2. The molecule has 1 unspecified atom stereocenters. The van der Waals surface area contributed by atoms with Gasteiger partial charge >= 0.3 is 13.8 Å². The molecule has 2 amide bonds. The average molecular weight is 569 g/mol. The molecule has 214 valence electrons. The van der Waals surface area contributed by atoms with Crippen molar-refractivity contribution in [2.75, 3.05) is 26.4 Å². The van der Waals surface area contributed by atoms with Gasteiger partial charge in [-0.05, 0) is 41.8 Å². The number of phosphoric acid groups is 1. The Kier molecular flexibility index (Phi) is 13.7. The first-order valence-electron chi connectivity index (χ1n) is 12.1. The summed E-state index contributed by atoms with van der Waals surface area (Å²) in [6.45, 7) is -1.47. The monoisotopic (exact) mass is 568 g/mol. The molecule has 2 atom stereocenters. The van der Waals surface area contributed by atoms with E-state index >= 15 is 0 Å². The van der Waals surface area contributed by atoms with Crippen LogP contribution in [0, 0.1) is 0 Å². The first kappa shape index (κ1) is 32.1. The molecule has 0 aromatic heterocycles. The third-order valence-corrected chi connectivity index (χ3v) is 6.11. The van der Waals surface area contributed by atoms with Crippen molar-refractivity contribution < 1.29 is 52.9 Å². The van der Waals surface area contributed by atoms with Gasteiger partial charge in [-0.15, -0.1) is 0 Å². The van der Waals surface area contributed by atoms with Gasteiger partial charge in [-0.2, -0.15) is 0 Å². The number of hydrogen-bond acceptors (Lipinski definition) is 10. The highest BCUT2D eigenvalue weighted by Gasteiger charge is 2.22. The fourth-order valence-corrected chi connectivity index (χ4v) is 3.75. The van der Waals surface area contributed by atoms with Crippen LogP contribution < -0.4 is 15.4 Å². The first-order valence-corrected chi connectivity index (χ1v) is 13.6. The minimum Gasteiger partial charge on any atom is -0.423 e. The number of carbonyl (C=O) groups is 3. The molecule has 0 saturated heterocycles. The van der Waals surface area contributed by atoms with E-state index in [9.17, 15) is 23.8 Å². The maximum atomic E-state index is 12.3. The lowest BCUT2D eigenvalue weighted by molar-refractivity contribution is -0.122. The van der Waals surface area contributed by atoms with E-state index in [0.29, 0.717) is 16.9 Å². The predicted octanol–water partition coefficient (Wildman–Crippen LogP) is 0.788. The summed E-state index contributed by atoms with van der Waals surface area (Å²) >= 11 is 0. The Bertz CT molecular complexity index is 1110. The van der Waals surface area contributed by atoms with Gasteiger partial charge < -0.3 is 35.6 Å². The van der Waals surface area contributed by atoms with Crippen LogP contribution in [0.3, 0.4) is 0 Å². The summed E-state index contributed by atoms with van der Waals surface area (Å²) in [5, 5.41) is 32.0. The summed E-state index contributed by atoms with van der Waals surface area (Å²) in [6.07, 6.45) is -0.867. The predicted molar refractivity (Wildman–Crippen MR) is 137 cm³/mol. The molecule has 6 N–H and O–H groups in total. The normalized spacial score (nSPS) is 13.2. The van der Waals surface area contributed by atoms with Crippen LogP contribution >= 0.6 is 7.82 Å². The first-order chi connectivity index (χ1) is 18.6. The number of phosphoric ester groups is 1. The van der Waals surface area contributed by atoms with E-state index in [4.69, 9.17) is 20.1 Å². The minimum absolute atomic E-state index is 0.0585. The molecule has 0 spiro atoms. The molecule has 2 aromatic rings.